The van der Waals surface area contributed by atoms with Crippen LogP contribution in [-0.2, 0) is 0 Å². The van der Waals surface area contributed by atoms with E-state index < -0.39 is 17.4 Å². The SMILES string of the molecule is CNCC(=O)c1cc(OC)cc(F)c1F. The van der Waals surface area contributed by atoms with E-state index in [2.05, 4.69) is 5.32 Å². The number of ether oxygens (including phenoxy) is 1. The molecule has 0 aliphatic rings. The number of hydrogen-bond donors (Lipinski definition) is 1. The Morgan fingerprint density at radius 2 is 2.13 bits per heavy atom. The van der Waals surface area contributed by atoms with E-state index in [9.17, 15) is 13.6 Å². The van der Waals surface area contributed by atoms with Gasteiger partial charge in [-0.3, -0.25) is 4.79 Å². The van der Waals surface area contributed by atoms with E-state index in [1.807, 2.05) is 0 Å². The Labute approximate surface area is 86.0 Å². The third-order valence-corrected chi connectivity index (χ3v) is 1.88. The quantitative estimate of drug-likeness (QED) is 0.771. The van der Waals surface area contributed by atoms with Crippen LogP contribution in [0.25, 0.3) is 0 Å². The summed E-state index contributed by atoms with van der Waals surface area (Å²) in [6, 6.07) is 2.07. The van der Waals surface area contributed by atoms with E-state index >= 15 is 0 Å². The van der Waals surface area contributed by atoms with Gasteiger partial charge in [0.2, 0.25) is 0 Å². The minimum atomic E-state index is -1.14. The van der Waals surface area contributed by atoms with Crippen molar-refractivity contribution < 1.29 is 18.3 Å². The first-order chi connectivity index (χ1) is 7.10. The molecule has 0 aliphatic carbocycles. The van der Waals surface area contributed by atoms with Crippen molar-refractivity contribution >= 4 is 5.78 Å². The largest absolute Gasteiger partial charge is 0.497 e. The molecule has 0 radical (unpaired) electrons. The number of carbonyl (C=O) groups is 1. The fourth-order valence-corrected chi connectivity index (χ4v) is 1.14. The van der Waals surface area contributed by atoms with E-state index in [1.165, 1.54) is 13.2 Å². The van der Waals surface area contributed by atoms with Crippen LogP contribution in [0.5, 0.6) is 5.75 Å². The first kappa shape index (κ1) is 11.6. The number of rotatable bonds is 4. The van der Waals surface area contributed by atoms with Crippen molar-refractivity contribution in [1.82, 2.24) is 5.32 Å². The van der Waals surface area contributed by atoms with Crippen LogP contribution in [0, 0.1) is 11.6 Å². The summed E-state index contributed by atoms with van der Waals surface area (Å²) in [6.45, 7) is -0.0521. The smallest absolute Gasteiger partial charge is 0.179 e. The molecule has 0 fully saturated rings. The van der Waals surface area contributed by atoms with E-state index in [4.69, 9.17) is 4.74 Å². The van der Waals surface area contributed by atoms with Crippen LogP contribution < -0.4 is 10.1 Å². The van der Waals surface area contributed by atoms with Gasteiger partial charge in [0.1, 0.15) is 5.75 Å². The molecule has 1 N–H and O–H groups in total. The molecule has 1 aromatic rings. The van der Waals surface area contributed by atoms with Gasteiger partial charge >= 0.3 is 0 Å². The zero-order valence-corrected chi connectivity index (χ0v) is 8.43. The average Bonchev–Trinajstić information content (AvgIpc) is 2.22. The lowest BCUT2D eigenvalue weighted by molar-refractivity contribution is 0.0988. The van der Waals surface area contributed by atoms with Crippen LogP contribution in [0.2, 0.25) is 0 Å². The number of ketones is 1. The molecular weight excluding hydrogens is 204 g/mol. The molecule has 0 heterocycles. The minimum Gasteiger partial charge on any atom is -0.497 e. The highest BCUT2D eigenvalue weighted by Crippen LogP contribution is 2.20. The predicted molar refractivity (Wildman–Crippen MR) is 51.2 cm³/mol. The lowest BCUT2D eigenvalue weighted by Crippen LogP contribution is -2.20. The predicted octanol–water partition coefficient (Wildman–Crippen LogP) is 1.38. The molecule has 82 valence electrons. The second-order valence-corrected chi connectivity index (χ2v) is 2.92. The van der Waals surface area contributed by atoms with Crippen LogP contribution in [0.3, 0.4) is 0 Å². The molecule has 0 unspecified atom stereocenters. The summed E-state index contributed by atoms with van der Waals surface area (Å²) in [5.74, 6) is -2.63. The number of methoxy groups -OCH3 is 1. The Bertz CT molecular complexity index is 380. The van der Waals surface area contributed by atoms with Gasteiger partial charge in [-0.1, -0.05) is 0 Å². The monoisotopic (exact) mass is 215 g/mol. The highest BCUT2D eigenvalue weighted by Gasteiger charge is 2.16. The Morgan fingerprint density at radius 3 is 2.67 bits per heavy atom. The number of halogens is 2. The summed E-state index contributed by atoms with van der Waals surface area (Å²) >= 11 is 0. The second kappa shape index (κ2) is 4.84. The van der Waals surface area contributed by atoms with E-state index in [1.54, 1.807) is 7.05 Å². The topological polar surface area (TPSA) is 38.3 Å². The molecule has 0 spiro atoms. The van der Waals surface area contributed by atoms with Gasteiger partial charge in [-0.2, -0.15) is 0 Å². The Hall–Kier alpha value is -1.49. The molecule has 0 saturated heterocycles. The number of likely N-dealkylation sites (N-methyl/N-ethyl adjacent to an activating group) is 1. The zero-order chi connectivity index (χ0) is 11.4. The van der Waals surface area contributed by atoms with Gasteiger partial charge < -0.3 is 10.1 Å². The normalized spacial score (nSPS) is 10.1. The molecule has 5 heteroatoms. The van der Waals surface area contributed by atoms with Crippen LogP contribution >= 0.6 is 0 Å². The lowest BCUT2D eigenvalue weighted by atomic mass is 10.1. The molecule has 0 bridgehead atoms. The number of hydrogen-bond acceptors (Lipinski definition) is 3. The second-order valence-electron chi connectivity index (χ2n) is 2.92. The molecule has 1 aromatic carbocycles. The van der Waals surface area contributed by atoms with Gasteiger partial charge in [0.15, 0.2) is 17.4 Å². The maximum Gasteiger partial charge on any atom is 0.179 e. The summed E-state index contributed by atoms with van der Waals surface area (Å²) in [5, 5.41) is 2.57. The Kier molecular flexibility index (Phi) is 3.74. The van der Waals surface area contributed by atoms with Crippen molar-refractivity contribution in [1.29, 1.82) is 0 Å². The van der Waals surface area contributed by atoms with Gasteiger partial charge in [-0.15, -0.1) is 0 Å². The van der Waals surface area contributed by atoms with Crippen LogP contribution in [0.4, 0.5) is 8.78 Å². The summed E-state index contributed by atoms with van der Waals surface area (Å²) in [6.07, 6.45) is 0. The Morgan fingerprint density at radius 1 is 1.47 bits per heavy atom. The third-order valence-electron chi connectivity index (χ3n) is 1.88. The maximum atomic E-state index is 13.2. The molecule has 1 rings (SSSR count). The standard InChI is InChI=1S/C10H11F2NO2/c1-13-5-9(14)7-3-6(15-2)4-8(11)10(7)12/h3-4,13H,5H2,1-2H3. The maximum absolute atomic E-state index is 13.2. The lowest BCUT2D eigenvalue weighted by Gasteiger charge is -2.06. The van der Waals surface area contributed by atoms with Crippen molar-refractivity contribution in [3.8, 4) is 5.75 Å². The van der Waals surface area contributed by atoms with Gasteiger partial charge in [-0.05, 0) is 13.1 Å². The van der Waals surface area contributed by atoms with Crippen LogP contribution in [0.15, 0.2) is 12.1 Å². The molecular formula is C10H11F2NO2. The number of carbonyl (C=O) groups excluding carboxylic acids is 1. The van der Waals surface area contributed by atoms with Crippen molar-refractivity contribution in [2.75, 3.05) is 20.7 Å². The summed E-state index contributed by atoms with van der Waals surface area (Å²) < 4.78 is 31.0. The van der Waals surface area contributed by atoms with Crippen molar-refractivity contribution in [3.63, 3.8) is 0 Å². The van der Waals surface area contributed by atoms with Gasteiger partial charge in [0, 0.05) is 6.07 Å². The molecule has 0 amide bonds. The molecule has 0 aromatic heterocycles. The zero-order valence-electron chi connectivity index (χ0n) is 8.43. The highest BCUT2D eigenvalue weighted by molar-refractivity contribution is 5.98. The van der Waals surface area contributed by atoms with E-state index in [0.717, 1.165) is 6.07 Å². The fourth-order valence-electron chi connectivity index (χ4n) is 1.14. The number of nitrogens with one attached hydrogen (secondary N) is 1. The molecule has 3 nitrogen and oxygen atoms in total. The first-order valence-electron chi connectivity index (χ1n) is 4.31. The molecule has 0 aliphatic heterocycles. The number of benzene rings is 1. The van der Waals surface area contributed by atoms with Crippen LogP contribution in [-0.4, -0.2) is 26.5 Å². The minimum absolute atomic E-state index is 0.0521. The molecule has 0 atom stereocenters. The number of Topliss-reactive ketones (excluding diaryl/α,β-unsaturated/α-hetero) is 1. The summed E-state index contributed by atoms with van der Waals surface area (Å²) in [4.78, 5) is 11.4. The molecule has 0 saturated carbocycles. The van der Waals surface area contributed by atoms with Crippen molar-refractivity contribution in [3.05, 3.63) is 29.3 Å². The summed E-state index contributed by atoms with van der Waals surface area (Å²) in [7, 11) is 2.87. The molecule has 15 heavy (non-hydrogen) atoms. The third kappa shape index (κ3) is 2.50. The van der Waals surface area contributed by atoms with Gasteiger partial charge in [0.05, 0.1) is 19.2 Å². The van der Waals surface area contributed by atoms with Crippen molar-refractivity contribution in [2.24, 2.45) is 0 Å². The van der Waals surface area contributed by atoms with Crippen molar-refractivity contribution in [2.45, 2.75) is 0 Å². The fraction of sp³-hybridized carbons (Fsp3) is 0.300. The average molecular weight is 215 g/mol. The van der Waals surface area contributed by atoms with E-state index in [-0.39, 0.29) is 17.9 Å². The Balaban J connectivity index is 3.15. The summed E-state index contributed by atoms with van der Waals surface area (Å²) in [5.41, 5.74) is -0.304. The van der Waals surface area contributed by atoms with Gasteiger partial charge in [0.25, 0.3) is 0 Å². The van der Waals surface area contributed by atoms with E-state index in [0.29, 0.717) is 0 Å². The van der Waals surface area contributed by atoms with Crippen LogP contribution in [0.1, 0.15) is 10.4 Å². The first-order valence-corrected chi connectivity index (χ1v) is 4.31. The van der Waals surface area contributed by atoms with Gasteiger partial charge in [-0.25, -0.2) is 8.78 Å². The highest BCUT2D eigenvalue weighted by atomic mass is 19.2.